The Morgan fingerprint density at radius 3 is 2.42 bits per heavy atom. The summed E-state index contributed by atoms with van der Waals surface area (Å²) in [5.41, 5.74) is 3.12. The van der Waals surface area contributed by atoms with Gasteiger partial charge in [-0.1, -0.05) is 41.4 Å². The van der Waals surface area contributed by atoms with Gasteiger partial charge in [-0.25, -0.2) is 9.78 Å². The molecule has 2 N–H and O–H groups in total. The summed E-state index contributed by atoms with van der Waals surface area (Å²) in [4.78, 5) is 33.3. The Bertz CT molecular complexity index is 1080. The number of carbonyl (C=O) groups excluding carboxylic acids is 2. The van der Waals surface area contributed by atoms with Gasteiger partial charge in [0.05, 0.1) is 10.7 Å². The van der Waals surface area contributed by atoms with Gasteiger partial charge < -0.3 is 15.1 Å². The number of aryl methyl sites for hydroxylation is 1. The van der Waals surface area contributed by atoms with Crippen LogP contribution in [0.15, 0.2) is 53.9 Å². The third-order valence-corrected chi connectivity index (χ3v) is 6.09. The number of nitrogens with one attached hydrogen (secondary N) is 2. The summed E-state index contributed by atoms with van der Waals surface area (Å²) in [5, 5.41) is 8.19. The summed E-state index contributed by atoms with van der Waals surface area (Å²) < 4.78 is 0. The maximum absolute atomic E-state index is 12.8. The highest BCUT2D eigenvalue weighted by Gasteiger charge is 2.25. The number of piperazine rings is 1. The van der Waals surface area contributed by atoms with Gasteiger partial charge in [-0.2, -0.15) is 0 Å². The largest absolute Gasteiger partial charge is 0.367 e. The zero-order valence-corrected chi connectivity index (χ0v) is 18.5. The molecule has 0 aliphatic carbocycles. The van der Waals surface area contributed by atoms with Gasteiger partial charge >= 0.3 is 6.03 Å². The first kappa shape index (κ1) is 21.1. The topological polar surface area (TPSA) is 77.6 Å². The minimum atomic E-state index is -0.398. The molecule has 3 amide bonds. The molecule has 0 radical (unpaired) electrons. The maximum Gasteiger partial charge on any atom is 0.325 e. The first-order chi connectivity index (χ1) is 15.0. The van der Waals surface area contributed by atoms with E-state index in [2.05, 4.69) is 20.5 Å². The number of hydrogen-bond acceptors (Lipinski definition) is 5. The fourth-order valence-corrected chi connectivity index (χ4v) is 4.28. The molecule has 0 unspecified atom stereocenters. The Kier molecular flexibility index (Phi) is 6.39. The van der Waals surface area contributed by atoms with E-state index in [0.29, 0.717) is 47.7 Å². The van der Waals surface area contributed by atoms with E-state index in [4.69, 9.17) is 11.6 Å². The van der Waals surface area contributed by atoms with E-state index in [9.17, 15) is 9.59 Å². The summed E-state index contributed by atoms with van der Waals surface area (Å²) in [6.07, 6.45) is 0. The minimum Gasteiger partial charge on any atom is -0.367 e. The summed E-state index contributed by atoms with van der Waals surface area (Å²) in [6, 6.07) is 14.8. The number of aromatic nitrogens is 1. The van der Waals surface area contributed by atoms with E-state index >= 15 is 0 Å². The van der Waals surface area contributed by atoms with Gasteiger partial charge in [0, 0.05) is 37.2 Å². The van der Waals surface area contributed by atoms with Crippen molar-refractivity contribution in [3.05, 3.63) is 70.2 Å². The molecule has 1 saturated heterocycles. The number of carbonyl (C=O) groups is 2. The molecular weight excluding hydrogens is 434 g/mol. The monoisotopic (exact) mass is 455 g/mol. The van der Waals surface area contributed by atoms with Crippen molar-refractivity contribution >= 4 is 51.4 Å². The van der Waals surface area contributed by atoms with E-state index in [1.54, 1.807) is 10.3 Å². The van der Waals surface area contributed by atoms with Gasteiger partial charge in [-0.3, -0.25) is 10.1 Å². The molecule has 0 bridgehead atoms. The van der Waals surface area contributed by atoms with E-state index in [1.165, 1.54) is 11.3 Å². The normalized spacial score (nSPS) is 13.7. The Morgan fingerprint density at radius 2 is 1.71 bits per heavy atom. The minimum absolute atomic E-state index is 0.137. The van der Waals surface area contributed by atoms with Gasteiger partial charge in [0.2, 0.25) is 0 Å². The van der Waals surface area contributed by atoms with Gasteiger partial charge in [0.15, 0.2) is 5.13 Å². The number of halogens is 1. The Morgan fingerprint density at radius 1 is 1.00 bits per heavy atom. The predicted octanol–water partition coefficient (Wildman–Crippen LogP) is 4.71. The molecule has 2 heterocycles. The molecule has 9 heteroatoms. The number of urea groups is 1. The van der Waals surface area contributed by atoms with Crippen molar-refractivity contribution in [1.82, 2.24) is 9.88 Å². The second-order valence-electron chi connectivity index (χ2n) is 7.21. The van der Waals surface area contributed by atoms with Crippen molar-refractivity contribution in [2.75, 3.05) is 41.7 Å². The zero-order valence-electron chi connectivity index (χ0n) is 17.0. The third kappa shape index (κ3) is 5.15. The molecule has 1 aromatic heterocycles. The first-order valence-corrected chi connectivity index (χ1v) is 11.1. The lowest BCUT2D eigenvalue weighted by Crippen LogP contribution is -2.49. The second kappa shape index (κ2) is 9.36. The van der Waals surface area contributed by atoms with Crippen LogP contribution in [-0.4, -0.2) is 48.0 Å². The fraction of sp³-hybridized carbons (Fsp3) is 0.227. The van der Waals surface area contributed by atoms with Crippen molar-refractivity contribution < 1.29 is 9.59 Å². The van der Waals surface area contributed by atoms with E-state index < -0.39 is 6.03 Å². The number of amides is 3. The van der Waals surface area contributed by atoms with Crippen molar-refractivity contribution in [3.63, 3.8) is 0 Å². The van der Waals surface area contributed by atoms with E-state index in [-0.39, 0.29) is 5.91 Å². The average molecular weight is 456 g/mol. The lowest BCUT2D eigenvalue weighted by Gasteiger charge is -2.36. The van der Waals surface area contributed by atoms with E-state index in [0.717, 1.165) is 11.3 Å². The van der Waals surface area contributed by atoms with Crippen LogP contribution in [0.2, 0.25) is 5.02 Å². The summed E-state index contributed by atoms with van der Waals surface area (Å²) >= 11 is 7.51. The quantitative estimate of drug-likeness (QED) is 0.597. The summed E-state index contributed by atoms with van der Waals surface area (Å²) in [7, 11) is 0. The lowest BCUT2D eigenvalue weighted by atomic mass is 10.2. The SMILES string of the molecule is Cc1ccc(NC(=O)Nc2nc(C(=O)N3CCN(c4ccccc4Cl)CC3)cs2)cc1. The number of rotatable bonds is 4. The van der Waals surface area contributed by atoms with Crippen molar-refractivity contribution in [2.24, 2.45) is 0 Å². The van der Waals surface area contributed by atoms with Crippen LogP contribution in [0.4, 0.5) is 21.3 Å². The number of benzene rings is 2. The smallest absolute Gasteiger partial charge is 0.325 e. The summed E-state index contributed by atoms with van der Waals surface area (Å²) in [5.74, 6) is -0.137. The van der Waals surface area contributed by atoms with Crippen molar-refractivity contribution in [3.8, 4) is 0 Å². The first-order valence-electron chi connectivity index (χ1n) is 9.88. The molecule has 0 atom stereocenters. The van der Waals surface area contributed by atoms with Crippen LogP contribution < -0.4 is 15.5 Å². The average Bonchev–Trinajstić information content (AvgIpc) is 3.23. The molecule has 0 spiro atoms. The number of hydrogen-bond donors (Lipinski definition) is 2. The molecule has 1 fully saturated rings. The van der Waals surface area contributed by atoms with Gasteiger partial charge in [-0.15, -0.1) is 11.3 Å². The van der Waals surface area contributed by atoms with Crippen LogP contribution in [0.25, 0.3) is 0 Å². The summed E-state index contributed by atoms with van der Waals surface area (Å²) in [6.45, 7) is 4.54. The fourth-order valence-electron chi connectivity index (χ4n) is 3.35. The van der Waals surface area contributed by atoms with Crippen molar-refractivity contribution in [2.45, 2.75) is 6.92 Å². The molecule has 0 saturated carbocycles. The third-order valence-electron chi connectivity index (χ3n) is 5.01. The molecule has 1 aliphatic heterocycles. The Labute approximate surface area is 189 Å². The van der Waals surface area contributed by atoms with Gasteiger partial charge in [0.25, 0.3) is 5.91 Å². The standard InChI is InChI=1S/C22H22ClN5O2S/c1-15-6-8-16(9-7-15)24-21(30)26-22-25-18(14-31-22)20(29)28-12-10-27(11-13-28)19-5-3-2-4-17(19)23/h2-9,14H,10-13H2,1H3,(H2,24,25,26,30). The predicted molar refractivity (Wildman–Crippen MR) is 126 cm³/mol. The van der Waals surface area contributed by atoms with Crippen LogP contribution in [0, 0.1) is 6.92 Å². The number of para-hydroxylation sites is 1. The van der Waals surface area contributed by atoms with Crippen LogP contribution in [0.5, 0.6) is 0 Å². The molecule has 3 aromatic rings. The molecule has 2 aromatic carbocycles. The van der Waals surface area contributed by atoms with Crippen molar-refractivity contribution in [1.29, 1.82) is 0 Å². The van der Waals surface area contributed by atoms with Crippen LogP contribution in [0.3, 0.4) is 0 Å². The van der Waals surface area contributed by atoms with Crippen LogP contribution >= 0.6 is 22.9 Å². The highest BCUT2D eigenvalue weighted by molar-refractivity contribution is 7.14. The van der Waals surface area contributed by atoms with Gasteiger partial charge in [-0.05, 0) is 31.2 Å². The highest BCUT2D eigenvalue weighted by atomic mass is 35.5. The number of thiazole rings is 1. The van der Waals surface area contributed by atoms with Gasteiger partial charge in [0.1, 0.15) is 5.69 Å². The highest BCUT2D eigenvalue weighted by Crippen LogP contribution is 2.26. The second-order valence-corrected chi connectivity index (χ2v) is 8.48. The molecule has 7 nitrogen and oxygen atoms in total. The Balaban J connectivity index is 1.31. The van der Waals surface area contributed by atoms with Crippen LogP contribution in [0.1, 0.15) is 16.1 Å². The lowest BCUT2D eigenvalue weighted by molar-refractivity contribution is 0.0741. The number of anilines is 3. The zero-order chi connectivity index (χ0) is 21.8. The maximum atomic E-state index is 12.8. The molecule has 1 aliphatic rings. The van der Waals surface area contributed by atoms with E-state index in [1.807, 2.05) is 55.5 Å². The molecule has 31 heavy (non-hydrogen) atoms. The number of nitrogens with zero attached hydrogens (tertiary/aromatic N) is 3. The Hall–Kier alpha value is -3.10. The molecule has 4 rings (SSSR count). The molecular formula is C22H22ClN5O2S. The van der Waals surface area contributed by atoms with Crippen LogP contribution in [-0.2, 0) is 0 Å². The molecule has 160 valence electrons.